The van der Waals surface area contributed by atoms with Gasteiger partial charge in [0, 0.05) is 16.5 Å². The van der Waals surface area contributed by atoms with E-state index in [0.717, 1.165) is 30.4 Å². The minimum absolute atomic E-state index is 0.0533. The fourth-order valence-corrected chi connectivity index (χ4v) is 8.92. The Morgan fingerprint density at radius 2 is 1.61 bits per heavy atom. The lowest BCUT2D eigenvalue weighted by molar-refractivity contribution is -0.127. The van der Waals surface area contributed by atoms with Gasteiger partial charge in [0.25, 0.3) is 5.91 Å². The summed E-state index contributed by atoms with van der Waals surface area (Å²) < 4.78 is 27.5. The molecular formula is C25H28N2O3S. The molecule has 3 fully saturated rings. The van der Waals surface area contributed by atoms with E-state index >= 15 is 0 Å². The molecule has 2 aromatic rings. The Hall–Kier alpha value is -2.47. The SMILES string of the molecule is CC1(C)C2CC[C@]13CS(=O)(=O)N(C(=O)CN=C(c1ccccc1)c1ccccc1)C3C2. The van der Waals surface area contributed by atoms with Crippen molar-refractivity contribution in [1.82, 2.24) is 4.31 Å². The van der Waals surface area contributed by atoms with Crippen molar-refractivity contribution in [3.8, 4) is 0 Å². The van der Waals surface area contributed by atoms with Crippen LogP contribution in [0.3, 0.4) is 0 Å². The van der Waals surface area contributed by atoms with E-state index in [9.17, 15) is 13.2 Å². The Morgan fingerprint density at radius 1 is 1.03 bits per heavy atom. The molecule has 1 aliphatic heterocycles. The van der Waals surface area contributed by atoms with E-state index in [0.29, 0.717) is 11.6 Å². The van der Waals surface area contributed by atoms with Crippen LogP contribution < -0.4 is 0 Å². The van der Waals surface area contributed by atoms with Crippen molar-refractivity contribution in [1.29, 1.82) is 0 Å². The molecule has 3 aliphatic rings. The standard InChI is InChI=1S/C25H28N2O3S/c1-24(2)20-13-14-25(24)17-31(29,30)27(21(25)15-20)22(28)16-26-23(18-9-5-3-6-10-18)19-11-7-4-8-12-19/h3-12,20-21H,13-17H2,1-2H3/t20?,21?,25-/m1/s1. The van der Waals surface area contributed by atoms with Gasteiger partial charge in [0.05, 0.1) is 17.5 Å². The van der Waals surface area contributed by atoms with Gasteiger partial charge in [-0.2, -0.15) is 0 Å². The van der Waals surface area contributed by atoms with Gasteiger partial charge in [-0.25, -0.2) is 12.7 Å². The van der Waals surface area contributed by atoms with E-state index in [4.69, 9.17) is 0 Å². The molecule has 3 atom stereocenters. The van der Waals surface area contributed by atoms with Crippen LogP contribution >= 0.6 is 0 Å². The quantitative estimate of drug-likeness (QED) is 0.683. The van der Waals surface area contributed by atoms with Crippen LogP contribution in [0, 0.1) is 16.7 Å². The van der Waals surface area contributed by atoms with Crippen LogP contribution in [0.2, 0.25) is 0 Å². The zero-order valence-electron chi connectivity index (χ0n) is 18.0. The molecule has 5 nitrogen and oxygen atoms in total. The van der Waals surface area contributed by atoms with Crippen molar-refractivity contribution < 1.29 is 13.2 Å². The van der Waals surface area contributed by atoms with Gasteiger partial charge in [0.15, 0.2) is 0 Å². The predicted octanol–water partition coefficient (Wildman–Crippen LogP) is 3.89. The maximum Gasteiger partial charge on any atom is 0.257 e. The molecule has 1 amide bonds. The number of hydrogen-bond acceptors (Lipinski definition) is 4. The summed E-state index contributed by atoms with van der Waals surface area (Å²) in [6.07, 6.45) is 2.73. The molecule has 6 heteroatoms. The third-order valence-corrected chi connectivity index (χ3v) is 10.1. The minimum atomic E-state index is -3.62. The summed E-state index contributed by atoms with van der Waals surface area (Å²) in [5.41, 5.74) is 2.15. The van der Waals surface area contributed by atoms with Crippen LogP contribution in [0.1, 0.15) is 44.2 Å². The fraction of sp³-hybridized carbons (Fsp3) is 0.440. The average molecular weight is 437 g/mol. The second kappa shape index (κ2) is 7.02. The molecule has 2 bridgehead atoms. The molecule has 1 heterocycles. The molecule has 1 spiro atoms. The fourth-order valence-electron chi connectivity index (χ4n) is 6.37. The van der Waals surface area contributed by atoms with E-state index in [1.807, 2.05) is 60.7 Å². The van der Waals surface area contributed by atoms with E-state index in [2.05, 4.69) is 18.8 Å². The lowest BCUT2D eigenvalue weighted by Gasteiger charge is -2.37. The highest BCUT2D eigenvalue weighted by Gasteiger charge is 2.72. The minimum Gasteiger partial charge on any atom is -0.274 e. The normalized spacial score (nSPS) is 29.5. The Bertz CT molecular complexity index is 1100. The molecule has 2 saturated carbocycles. The number of carbonyl (C=O) groups is 1. The Kier molecular flexibility index (Phi) is 4.63. The molecule has 5 rings (SSSR count). The summed E-state index contributed by atoms with van der Waals surface area (Å²) in [7, 11) is -3.62. The summed E-state index contributed by atoms with van der Waals surface area (Å²) in [5.74, 6) is 0.166. The van der Waals surface area contributed by atoms with Gasteiger partial charge in [-0.1, -0.05) is 74.5 Å². The van der Waals surface area contributed by atoms with Crippen molar-refractivity contribution in [3.63, 3.8) is 0 Å². The predicted molar refractivity (Wildman–Crippen MR) is 121 cm³/mol. The van der Waals surface area contributed by atoms with E-state index < -0.39 is 15.9 Å². The Balaban J connectivity index is 1.47. The van der Waals surface area contributed by atoms with E-state index in [-0.39, 0.29) is 29.2 Å². The molecule has 0 radical (unpaired) electrons. The number of benzene rings is 2. The first-order valence-corrected chi connectivity index (χ1v) is 12.6. The number of hydrogen-bond donors (Lipinski definition) is 0. The third-order valence-electron chi connectivity index (χ3n) is 8.12. The third kappa shape index (κ3) is 2.99. The first kappa shape index (κ1) is 20.4. The van der Waals surface area contributed by atoms with Gasteiger partial charge in [-0.3, -0.25) is 9.79 Å². The number of aliphatic imine (C=N–C) groups is 1. The van der Waals surface area contributed by atoms with Crippen LogP contribution in [-0.4, -0.2) is 42.7 Å². The maximum absolute atomic E-state index is 13.3. The van der Waals surface area contributed by atoms with E-state index in [1.54, 1.807) is 0 Å². The van der Waals surface area contributed by atoms with Crippen molar-refractivity contribution >= 4 is 21.6 Å². The van der Waals surface area contributed by atoms with Crippen LogP contribution in [0.15, 0.2) is 65.7 Å². The number of amides is 1. The Morgan fingerprint density at radius 3 is 2.16 bits per heavy atom. The van der Waals surface area contributed by atoms with Gasteiger partial charge in [-0.05, 0) is 30.6 Å². The lowest BCUT2D eigenvalue weighted by Crippen LogP contribution is -2.45. The molecule has 0 N–H and O–H groups in total. The molecule has 2 aliphatic carbocycles. The smallest absolute Gasteiger partial charge is 0.257 e. The highest BCUT2D eigenvalue weighted by atomic mass is 32.2. The van der Waals surface area contributed by atoms with Crippen molar-refractivity contribution in [3.05, 3.63) is 71.8 Å². The van der Waals surface area contributed by atoms with Crippen LogP contribution in [0.4, 0.5) is 0 Å². The van der Waals surface area contributed by atoms with Crippen LogP contribution in [-0.2, 0) is 14.8 Å². The van der Waals surface area contributed by atoms with Crippen molar-refractivity contribution in [2.75, 3.05) is 12.3 Å². The molecule has 1 saturated heterocycles. The summed E-state index contributed by atoms with van der Waals surface area (Å²) >= 11 is 0. The summed E-state index contributed by atoms with van der Waals surface area (Å²) in [4.78, 5) is 17.9. The second-order valence-electron chi connectivity index (χ2n) is 9.71. The molecule has 2 unspecified atom stereocenters. The van der Waals surface area contributed by atoms with Crippen LogP contribution in [0.5, 0.6) is 0 Å². The van der Waals surface area contributed by atoms with Crippen molar-refractivity contribution in [2.45, 2.75) is 39.2 Å². The van der Waals surface area contributed by atoms with Gasteiger partial charge in [0.1, 0.15) is 6.54 Å². The zero-order chi connectivity index (χ0) is 21.9. The van der Waals surface area contributed by atoms with Crippen LogP contribution in [0.25, 0.3) is 0 Å². The molecule has 162 valence electrons. The van der Waals surface area contributed by atoms with Gasteiger partial charge < -0.3 is 0 Å². The first-order chi connectivity index (χ1) is 14.8. The van der Waals surface area contributed by atoms with E-state index in [1.165, 1.54) is 4.31 Å². The lowest BCUT2D eigenvalue weighted by atomic mass is 9.69. The van der Waals surface area contributed by atoms with Gasteiger partial charge in [0.2, 0.25) is 10.0 Å². The van der Waals surface area contributed by atoms with Gasteiger partial charge in [-0.15, -0.1) is 0 Å². The second-order valence-corrected chi connectivity index (χ2v) is 11.6. The molecular weight excluding hydrogens is 408 g/mol. The van der Waals surface area contributed by atoms with Gasteiger partial charge >= 0.3 is 0 Å². The van der Waals surface area contributed by atoms with Crippen molar-refractivity contribution in [2.24, 2.45) is 21.7 Å². The number of carbonyl (C=O) groups excluding carboxylic acids is 1. The Labute approximate surface area is 184 Å². The molecule has 31 heavy (non-hydrogen) atoms. The summed E-state index contributed by atoms with van der Waals surface area (Å²) in [5, 5.41) is 0. The average Bonchev–Trinajstić information content (AvgIpc) is 3.23. The molecule has 0 aromatic heterocycles. The highest BCUT2D eigenvalue weighted by molar-refractivity contribution is 7.90. The largest absolute Gasteiger partial charge is 0.274 e. The first-order valence-electron chi connectivity index (χ1n) is 11.0. The molecule has 2 aromatic carbocycles. The number of rotatable bonds is 4. The number of sulfonamides is 1. The zero-order valence-corrected chi connectivity index (χ0v) is 18.8. The topological polar surface area (TPSA) is 66.8 Å². The summed E-state index contributed by atoms with van der Waals surface area (Å²) in [6.45, 7) is 4.21. The maximum atomic E-state index is 13.3. The number of nitrogens with zero attached hydrogens (tertiary/aromatic N) is 2. The highest BCUT2D eigenvalue weighted by Crippen LogP contribution is 2.69. The number of fused-ring (bicyclic) bond motifs is 1. The monoisotopic (exact) mass is 436 g/mol. The summed E-state index contributed by atoms with van der Waals surface area (Å²) in [6, 6.07) is 19.2.